The largest absolute Gasteiger partial charge is 0.0651 e. The lowest BCUT2D eigenvalue weighted by Gasteiger charge is -2.13. The Morgan fingerprint density at radius 3 is 2.67 bits per heavy atom. The van der Waals surface area contributed by atoms with E-state index in [-0.39, 0.29) is 0 Å². The highest BCUT2D eigenvalue weighted by molar-refractivity contribution is 5.48. The van der Waals surface area contributed by atoms with E-state index in [4.69, 9.17) is 0 Å². The number of hydrogen-bond donors (Lipinski definition) is 0. The van der Waals surface area contributed by atoms with E-state index in [9.17, 15) is 0 Å². The molecule has 0 aromatic heterocycles. The second-order valence-electron chi connectivity index (χ2n) is 5.21. The van der Waals surface area contributed by atoms with Gasteiger partial charge in [0.25, 0.3) is 0 Å². The van der Waals surface area contributed by atoms with Gasteiger partial charge in [-0.1, -0.05) is 37.3 Å². The van der Waals surface area contributed by atoms with Crippen molar-refractivity contribution >= 4 is 0 Å². The van der Waals surface area contributed by atoms with Crippen LogP contribution in [0, 0.1) is 5.92 Å². The molecule has 0 N–H and O–H groups in total. The van der Waals surface area contributed by atoms with E-state index in [2.05, 4.69) is 20.8 Å². The van der Waals surface area contributed by atoms with Crippen molar-refractivity contribution in [3.05, 3.63) is 22.3 Å². The summed E-state index contributed by atoms with van der Waals surface area (Å²) >= 11 is 0. The third kappa shape index (κ3) is 1.91. The third-order valence-electron chi connectivity index (χ3n) is 4.29. The Bertz CT molecular complexity index is 304. The van der Waals surface area contributed by atoms with Crippen LogP contribution in [-0.4, -0.2) is 0 Å². The van der Waals surface area contributed by atoms with Crippen LogP contribution in [-0.2, 0) is 0 Å². The van der Waals surface area contributed by atoms with E-state index in [1.54, 1.807) is 22.3 Å². The zero-order valence-corrected chi connectivity index (χ0v) is 10.5. The van der Waals surface area contributed by atoms with Gasteiger partial charge in [-0.3, -0.25) is 0 Å². The molecule has 1 saturated carbocycles. The van der Waals surface area contributed by atoms with Gasteiger partial charge >= 0.3 is 0 Å². The summed E-state index contributed by atoms with van der Waals surface area (Å²) in [6.07, 6.45) is 9.71. The highest BCUT2D eigenvalue weighted by Crippen LogP contribution is 2.45. The molecule has 0 spiro atoms. The Kier molecular flexibility index (Phi) is 3.33. The van der Waals surface area contributed by atoms with Crippen molar-refractivity contribution in [3.63, 3.8) is 0 Å². The minimum absolute atomic E-state index is 0.842. The lowest BCUT2D eigenvalue weighted by molar-refractivity contribution is 0.621. The summed E-state index contributed by atoms with van der Waals surface area (Å²) in [6, 6.07) is 0. The smallest absolute Gasteiger partial charge is 0.00159 e. The molecule has 0 heteroatoms. The Morgan fingerprint density at radius 1 is 1.13 bits per heavy atom. The Labute approximate surface area is 94.5 Å². The molecular formula is C15H24. The number of fused-ring (bicyclic) bond motifs is 1. The van der Waals surface area contributed by atoms with Crippen LogP contribution in [0.2, 0.25) is 0 Å². The topological polar surface area (TPSA) is 0 Å². The van der Waals surface area contributed by atoms with Gasteiger partial charge in [0.05, 0.1) is 0 Å². The van der Waals surface area contributed by atoms with Crippen LogP contribution in [0.15, 0.2) is 22.3 Å². The van der Waals surface area contributed by atoms with Gasteiger partial charge in [0, 0.05) is 5.92 Å². The second-order valence-corrected chi connectivity index (χ2v) is 5.21. The highest BCUT2D eigenvalue weighted by Gasteiger charge is 2.28. The first kappa shape index (κ1) is 11.0. The average Bonchev–Trinajstić information content (AvgIpc) is 2.47. The van der Waals surface area contributed by atoms with E-state index in [0.717, 1.165) is 5.92 Å². The first-order valence-corrected chi connectivity index (χ1v) is 6.65. The monoisotopic (exact) mass is 204 g/mol. The van der Waals surface area contributed by atoms with Crippen LogP contribution < -0.4 is 0 Å². The van der Waals surface area contributed by atoms with Crippen molar-refractivity contribution < 1.29 is 0 Å². The van der Waals surface area contributed by atoms with Gasteiger partial charge in [0.1, 0.15) is 0 Å². The summed E-state index contributed by atoms with van der Waals surface area (Å²) in [5, 5.41) is 0. The Morgan fingerprint density at radius 2 is 1.93 bits per heavy atom. The zero-order valence-electron chi connectivity index (χ0n) is 10.5. The molecule has 2 aliphatic carbocycles. The summed E-state index contributed by atoms with van der Waals surface area (Å²) in [5.41, 5.74) is 6.89. The van der Waals surface area contributed by atoms with E-state index in [0.29, 0.717) is 0 Å². The average molecular weight is 204 g/mol. The van der Waals surface area contributed by atoms with Gasteiger partial charge < -0.3 is 0 Å². The number of rotatable bonds is 2. The normalized spacial score (nSPS) is 27.0. The fourth-order valence-electron chi connectivity index (χ4n) is 3.45. The third-order valence-corrected chi connectivity index (χ3v) is 4.29. The predicted octanol–water partition coefficient (Wildman–Crippen LogP) is 5.01. The SMILES string of the molecule is CCCC1=C(C)C2CCCCCC2=C1C. The lowest BCUT2D eigenvalue weighted by Crippen LogP contribution is -2.00. The van der Waals surface area contributed by atoms with Gasteiger partial charge in [0.15, 0.2) is 0 Å². The molecule has 2 rings (SSSR count). The maximum Gasteiger partial charge on any atom is 0.00159 e. The summed E-state index contributed by atoms with van der Waals surface area (Å²) < 4.78 is 0. The number of hydrogen-bond acceptors (Lipinski definition) is 0. The molecular weight excluding hydrogens is 180 g/mol. The van der Waals surface area contributed by atoms with Crippen LogP contribution in [0.4, 0.5) is 0 Å². The summed E-state index contributed by atoms with van der Waals surface area (Å²) in [6.45, 7) is 7.05. The van der Waals surface area contributed by atoms with Crippen LogP contribution in [0.25, 0.3) is 0 Å². The molecule has 0 aromatic rings. The van der Waals surface area contributed by atoms with Crippen molar-refractivity contribution in [3.8, 4) is 0 Å². The quantitative estimate of drug-likeness (QED) is 0.593. The minimum atomic E-state index is 0.842. The molecule has 1 unspecified atom stereocenters. The molecule has 1 fully saturated rings. The van der Waals surface area contributed by atoms with Crippen LogP contribution in [0.3, 0.4) is 0 Å². The van der Waals surface area contributed by atoms with Gasteiger partial charge in [-0.25, -0.2) is 0 Å². The van der Waals surface area contributed by atoms with Gasteiger partial charge in [0.2, 0.25) is 0 Å². The predicted molar refractivity (Wildman–Crippen MR) is 66.9 cm³/mol. The van der Waals surface area contributed by atoms with Crippen molar-refractivity contribution in [2.24, 2.45) is 5.92 Å². The molecule has 84 valence electrons. The Balaban J connectivity index is 2.28. The zero-order chi connectivity index (χ0) is 10.8. The molecule has 0 heterocycles. The fourth-order valence-corrected chi connectivity index (χ4v) is 3.45. The lowest BCUT2D eigenvalue weighted by atomic mass is 9.91. The first-order chi connectivity index (χ1) is 7.25. The molecule has 0 radical (unpaired) electrons. The van der Waals surface area contributed by atoms with E-state index >= 15 is 0 Å². The summed E-state index contributed by atoms with van der Waals surface area (Å²) in [4.78, 5) is 0. The molecule has 15 heavy (non-hydrogen) atoms. The summed E-state index contributed by atoms with van der Waals surface area (Å²) in [7, 11) is 0. The molecule has 0 saturated heterocycles. The molecule has 0 aromatic carbocycles. The number of allylic oxidation sites excluding steroid dienone is 4. The molecule has 0 amide bonds. The maximum atomic E-state index is 2.39. The fraction of sp³-hybridized carbons (Fsp3) is 0.733. The van der Waals surface area contributed by atoms with Crippen molar-refractivity contribution in [2.45, 2.75) is 65.7 Å². The molecule has 2 aliphatic rings. The Hall–Kier alpha value is -0.520. The minimum Gasteiger partial charge on any atom is -0.0651 e. The van der Waals surface area contributed by atoms with E-state index < -0.39 is 0 Å². The van der Waals surface area contributed by atoms with E-state index in [1.807, 2.05) is 0 Å². The standard InChI is InChI=1S/C15H24/c1-4-8-13-11(2)14-9-6-5-7-10-15(14)12(13)3/h14H,4-10H2,1-3H3. The second kappa shape index (κ2) is 4.55. The van der Waals surface area contributed by atoms with Crippen molar-refractivity contribution in [2.75, 3.05) is 0 Å². The van der Waals surface area contributed by atoms with Crippen molar-refractivity contribution in [1.29, 1.82) is 0 Å². The maximum absolute atomic E-state index is 2.39. The van der Waals surface area contributed by atoms with Crippen LogP contribution in [0.1, 0.15) is 65.7 Å². The highest BCUT2D eigenvalue weighted by atomic mass is 14.3. The van der Waals surface area contributed by atoms with Gasteiger partial charge in [-0.2, -0.15) is 0 Å². The van der Waals surface area contributed by atoms with Crippen molar-refractivity contribution in [1.82, 2.24) is 0 Å². The van der Waals surface area contributed by atoms with Crippen LogP contribution >= 0.6 is 0 Å². The first-order valence-electron chi connectivity index (χ1n) is 6.65. The van der Waals surface area contributed by atoms with Crippen LogP contribution in [0.5, 0.6) is 0 Å². The van der Waals surface area contributed by atoms with Gasteiger partial charge in [-0.15, -0.1) is 0 Å². The van der Waals surface area contributed by atoms with E-state index in [1.165, 1.54) is 44.9 Å². The molecule has 0 aliphatic heterocycles. The molecule has 0 nitrogen and oxygen atoms in total. The molecule has 1 atom stereocenters. The van der Waals surface area contributed by atoms with Gasteiger partial charge in [-0.05, 0) is 50.7 Å². The molecule has 0 bridgehead atoms. The summed E-state index contributed by atoms with van der Waals surface area (Å²) in [5.74, 6) is 0.842.